The lowest BCUT2D eigenvalue weighted by Crippen LogP contribution is -2.28. The second-order valence-corrected chi connectivity index (χ2v) is 6.75. The Kier molecular flexibility index (Phi) is 4.95. The van der Waals surface area contributed by atoms with Gasteiger partial charge in [-0.2, -0.15) is 5.10 Å². The molecule has 118 valence electrons. The summed E-state index contributed by atoms with van der Waals surface area (Å²) in [5, 5.41) is 4.27. The van der Waals surface area contributed by atoms with E-state index < -0.39 is 0 Å². The third-order valence-corrected chi connectivity index (χ3v) is 4.76. The fraction of sp³-hybridized carbons (Fsp3) is 0.176. The normalized spacial score (nSPS) is 12.5. The lowest BCUT2D eigenvalue weighted by atomic mass is 9.98. The van der Waals surface area contributed by atoms with Gasteiger partial charge in [-0.15, -0.1) is 0 Å². The number of hydrogen-bond acceptors (Lipinski definition) is 4. The summed E-state index contributed by atoms with van der Waals surface area (Å²) in [5.74, 6) is -0.232. The third-order valence-electron chi connectivity index (χ3n) is 3.65. The molecular formula is C17H16FN3S2. The van der Waals surface area contributed by atoms with Crippen molar-refractivity contribution in [2.24, 2.45) is 0 Å². The van der Waals surface area contributed by atoms with Crippen LogP contribution in [0.3, 0.4) is 0 Å². The first-order valence-electron chi connectivity index (χ1n) is 7.16. The van der Waals surface area contributed by atoms with Crippen LogP contribution in [0.4, 0.5) is 4.39 Å². The fourth-order valence-corrected chi connectivity index (χ4v) is 3.31. The van der Waals surface area contributed by atoms with Crippen LogP contribution in [0.25, 0.3) is 0 Å². The monoisotopic (exact) mass is 345 g/mol. The number of nitrogens with zero attached hydrogens (tertiary/aromatic N) is 3. The summed E-state index contributed by atoms with van der Waals surface area (Å²) in [6.45, 7) is 0.569. The maximum atomic E-state index is 13.3. The summed E-state index contributed by atoms with van der Waals surface area (Å²) in [5.41, 5.74) is 3.91. The van der Waals surface area contributed by atoms with Gasteiger partial charge in [0.2, 0.25) is 0 Å². The molecule has 0 saturated heterocycles. The van der Waals surface area contributed by atoms with Crippen LogP contribution >= 0.6 is 23.6 Å². The van der Waals surface area contributed by atoms with E-state index in [1.165, 1.54) is 23.5 Å². The summed E-state index contributed by atoms with van der Waals surface area (Å²) in [6.07, 6.45) is 0. The Hall–Kier alpha value is -1.89. The van der Waals surface area contributed by atoms with Gasteiger partial charge in [-0.1, -0.05) is 53.8 Å². The zero-order valence-corrected chi connectivity index (χ0v) is 14.2. The van der Waals surface area contributed by atoms with Crippen molar-refractivity contribution in [1.82, 2.24) is 14.7 Å². The van der Waals surface area contributed by atoms with Gasteiger partial charge >= 0.3 is 0 Å². The number of rotatable bonds is 5. The first-order valence-corrected chi connectivity index (χ1v) is 8.45. The number of aromatic nitrogens is 2. The molecule has 0 amide bonds. The molecule has 1 aromatic heterocycles. The minimum atomic E-state index is -0.232. The largest absolute Gasteiger partial charge is 0.276 e. The highest BCUT2D eigenvalue weighted by Gasteiger charge is 2.20. The number of halogens is 1. The van der Waals surface area contributed by atoms with Crippen molar-refractivity contribution >= 4 is 23.6 Å². The summed E-state index contributed by atoms with van der Waals surface area (Å²) < 4.78 is 15.8. The Labute approximate surface area is 143 Å². The van der Waals surface area contributed by atoms with Gasteiger partial charge in [0.25, 0.3) is 0 Å². The predicted molar refractivity (Wildman–Crippen MR) is 93.4 cm³/mol. The molecule has 0 bridgehead atoms. The molecule has 3 nitrogen and oxygen atoms in total. The van der Waals surface area contributed by atoms with E-state index in [2.05, 4.69) is 22.1 Å². The average molecular weight is 345 g/mol. The molecule has 6 heteroatoms. The molecule has 0 saturated carbocycles. The van der Waals surface area contributed by atoms with Crippen LogP contribution in [0.1, 0.15) is 17.2 Å². The van der Waals surface area contributed by atoms with E-state index in [0.29, 0.717) is 6.67 Å². The molecule has 23 heavy (non-hydrogen) atoms. The van der Waals surface area contributed by atoms with Crippen LogP contribution in [-0.2, 0) is 6.67 Å². The van der Waals surface area contributed by atoms with Crippen molar-refractivity contribution in [3.63, 3.8) is 0 Å². The lowest BCUT2D eigenvalue weighted by Gasteiger charge is -2.28. The molecule has 0 aliphatic rings. The Bertz CT molecular complexity index is 812. The van der Waals surface area contributed by atoms with Gasteiger partial charge in [-0.3, -0.25) is 4.90 Å². The molecule has 2 aromatic carbocycles. The van der Waals surface area contributed by atoms with Crippen molar-refractivity contribution in [3.05, 3.63) is 81.0 Å². The van der Waals surface area contributed by atoms with Crippen LogP contribution in [-0.4, -0.2) is 21.7 Å². The average Bonchev–Trinajstić information content (AvgIpc) is 2.96. The first-order chi connectivity index (χ1) is 11.1. The highest BCUT2D eigenvalue weighted by molar-refractivity contribution is 7.73. The molecule has 0 aliphatic carbocycles. The number of benzene rings is 2. The molecule has 0 spiro atoms. The molecular weight excluding hydrogens is 329 g/mol. The van der Waals surface area contributed by atoms with Gasteiger partial charge in [0.05, 0.1) is 12.7 Å². The van der Waals surface area contributed by atoms with Gasteiger partial charge in [0.15, 0.2) is 3.95 Å². The molecule has 1 unspecified atom stereocenters. The minimum Gasteiger partial charge on any atom is -0.276 e. The highest BCUT2D eigenvalue weighted by atomic mass is 32.1. The van der Waals surface area contributed by atoms with Crippen molar-refractivity contribution in [1.29, 1.82) is 0 Å². The fourth-order valence-electron chi connectivity index (χ4n) is 2.60. The minimum absolute atomic E-state index is 0.000370. The maximum Gasteiger partial charge on any atom is 0.180 e. The first kappa shape index (κ1) is 16.0. The second-order valence-electron chi connectivity index (χ2n) is 5.27. The molecule has 0 radical (unpaired) electrons. The van der Waals surface area contributed by atoms with Crippen molar-refractivity contribution in [2.75, 3.05) is 7.05 Å². The van der Waals surface area contributed by atoms with E-state index in [4.69, 9.17) is 12.2 Å². The molecule has 0 fully saturated rings. The summed E-state index contributed by atoms with van der Waals surface area (Å²) in [7, 11) is 2.02. The van der Waals surface area contributed by atoms with Crippen LogP contribution in [0, 0.1) is 9.77 Å². The van der Waals surface area contributed by atoms with E-state index >= 15 is 0 Å². The van der Waals surface area contributed by atoms with Crippen LogP contribution in [0.2, 0.25) is 0 Å². The van der Waals surface area contributed by atoms with Crippen molar-refractivity contribution in [2.45, 2.75) is 12.7 Å². The molecule has 0 N–H and O–H groups in total. The SMILES string of the molecule is CN(Cn1ncsc1=S)C(c1ccccc1)c1ccc(F)cc1. The second kappa shape index (κ2) is 7.12. The lowest BCUT2D eigenvalue weighted by molar-refractivity contribution is 0.209. The number of hydrogen-bond donors (Lipinski definition) is 0. The van der Waals surface area contributed by atoms with Crippen LogP contribution in [0.5, 0.6) is 0 Å². The third kappa shape index (κ3) is 3.72. The zero-order chi connectivity index (χ0) is 16.2. The quantitative estimate of drug-likeness (QED) is 0.636. The van der Waals surface area contributed by atoms with E-state index in [1.807, 2.05) is 37.4 Å². The van der Waals surface area contributed by atoms with Crippen molar-refractivity contribution < 1.29 is 4.39 Å². The summed E-state index contributed by atoms with van der Waals surface area (Å²) >= 11 is 6.73. The molecule has 3 rings (SSSR count). The van der Waals surface area contributed by atoms with Gasteiger partial charge in [-0.05, 0) is 42.5 Å². The Balaban J connectivity index is 1.96. The van der Waals surface area contributed by atoms with Gasteiger partial charge in [0.1, 0.15) is 11.3 Å². The van der Waals surface area contributed by atoms with E-state index in [0.717, 1.165) is 15.1 Å². The topological polar surface area (TPSA) is 21.1 Å². The molecule has 1 atom stereocenters. The Morgan fingerprint density at radius 1 is 1.13 bits per heavy atom. The molecule has 0 aliphatic heterocycles. The smallest absolute Gasteiger partial charge is 0.180 e. The predicted octanol–water partition coefficient (Wildman–Crippen LogP) is 4.49. The van der Waals surface area contributed by atoms with Gasteiger partial charge in [0, 0.05) is 0 Å². The van der Waals surface area contributed by atoms with Crippen LogP contribution < -0.4 is 0 Å². The van der Waals surface area contributed by atoms with Gasteiger partial charge < -0.3 is 0 Å². The Morgan fingerprint density at radius 2 is 1.78 bits per heavy atom. The standard InChI is InChI=1S/C17H16FN3S2/c1-20(12-21-17(22)23-11-19-21)16(13-5-3-2-4-6-13)14-7-9-15(18)10-8-14/h2-11,16H,12H2,1H3. The van der Waals surface area contributed by atoms with E-state index in [9.17, 15) is 4.39 Å². The summed E-state index contributed by atoms with van der Waals surface area (Å²) in [4.78, 5) is 2.15. The van der Waals surface area contributed by atoms with E-state index in [1.54, 1.807) is 10.2 Å². The maximum absolute atomic E-state index is 13.3. The van der Waals surface area contributed by atoms with Gasteiger partial charge in [-0.25, -0.2) is 9.07 Å². The van der Waals surface area contributed by atoms with E-state index in [-0.39, 0.29) is 11.9 Å². The zero-order valence-electron chi connectivity index (χ0n) is 12.6. The summed E-state index contributed by atoms with van der Waals surface area (Å²) in [6, 6.07) is 16.8. The highest BCUT2D eigenvalue weighted by Crippen LogP contribution is 2.28. The molecule has 1 heterocycles. The molecule has 3 aromatic rings. The van der Waals surface area contributed by atoms with Crippen LogP contribution in [0.15, 0.2) is 60.1 Å². The Morgan fingerprint density at radius 3 is 2.39 bits per heavy atom. The van der Waals surface area contributed by atoms with Crippen molar-refractivity contribution in [3.8, 4) is 0 Å².